The predicted molar refractivity (Wildman–Crippen MR) is 78.2 cm³/mol. The fraction of sp³-hybridized carbons (Fsp3) is 0.333. The van der Waals surface area contributed by atoms with Crippen molar-refractivity contribution in [3.63, 3.8) is 0 Å². The van der Waals surface area contributed by atoms with Crippen LogP contribution in [-0.4, -0.2) is 16.1 Å². The fourth-order valence-electron chi connectivity index (χ4n) is 2.74. The molecule has 1 fully saturated rings. The average molecular weight is 337 g/mol. The highest BCUT2D eigenvalue weighted by atomic mass is 79.9. The zero-order valence-corrected chi connectivity index (χ0v) is 12.4. The van der Waals surface area contributed by atoms with Gasteiger partial charge >= 0.3 is 0 Å². The number of hydrogen-bond acceptors (Lipinski definition) is 2. The van der Waals surface area contributed by atoms with Crippen LogP contribution < -0.4 is 0 Å². The van der Waals surface area contributed by atoms with E-state index >= 15 is 0 Å². The van der Waals surface area contributed by atoms with Crippen molar-refractivity contribution in [2.75, 3.05) is 0 Å². The third kappa shape index (κ3) is 2.42. The minimum absolute atomic E-state index is 0.331. The van der Waals surface area contributed by atoms with E-state index in [4.69, 9.17) is 0 Å². The van der Waals surface area contributed by atoms with Crippen LogP contribution in [0.4, 0.5) is 4.39 Å². The monoisotopic (exact) mass is 336 g/mol. The van der Waals surface area contributed by atoms with E-state index in [0.29, 0.717) is 22.9 Å². The molecular weight excluding hydrogens is 323 g/mol. The minimum Gasteiger partial charge on any atom is -0.298 e. The summed E-state index contributed by atoms with van der Waals surface area (Å²) in [6.45, 7) is 0. The number of rotatable bonds is 3. The molecule has 0 radical (unpaired) electrons. The first-order chi connectivity index (χ1) is 9.69. The van der Waals surface area contributed by atoms with Gasteiger partial charge in [0.25, 0.3) is 0 Å². The SMILES string of the molecule is O=Cc1cn(C2CCCC2)nc1-c1cc(Br)ccc1F. The summed E-state index contributed by atoms with van der Waals surface area (Å²) in [6, 6.07) is 5.00. The molecular formula is C15H14BrFN2O. The first-order valence-corrected chi connectivity index (χ1v) is 7.48. The first kappa shape index (κ1) is 13.5. The molecule has 0 spiro atoms. The lowest BCUT2D eigenvalue weighted by molar-refractivity contribution is 0.112. The summed E-state index contributed by atoms with van der Waals surface area (Å²) < 4.78 is 16.6. The Balaban J connectivity index is 2.07. The second kappa shape index (κ2) is 5.48. The van der Waals surface area contributed by atoms with Crippen molar-refractivity contribution in [3.05, 3.63) is 40.2 Å². The molecule has 0 atom stereocenters. The summed E-state index contributed by atoms with van der Waals surface area (Å²) in [5, 5.41) is 4.46. The van der Waals surface area contributed by atoms with Gasteiger partial charge < -0.3 is 0 Å². The van der Waals surface area contributed by atoms with Gasteiger partial charge in [-0.25, -0.2) is 4.39 Å². The zero-order chi connectivity index (χ0) is 14.1. The van der Waals surface area contributed by atoms with E-state index < -0.39 is 0 Å². The van der Waals surface area contributed by atoms with Crippen molar-refractivity contribution in [2.24, 2.45) is 0 Å². The topological polar surface area (TPSA) is 34.9 Å². The molecule has 1 aliphatic rings. The third-order valence-electron chi connectivity index (χ3n) is 3.77. The highest BCUT2D eigenvalue weighted by Crippen LogP contribution is 2.32. The highest BCUT2D eigenvalue weighted by molar-refractivity contribution is 9.10. The van der Waals surface area contributed by atoms with Gasteiger partial charge in [-0.1, -0.05) is 28.8 Å². The third-order valence-corrected chi connectivity index (χ3v) is 4.26. The van der Waals surface area contributed by atoms with Crippen LogP contribution >= 0.6 is 15.9 Å². The van der Waals surface area contributed by atoms with Crippen LogP contribution in [0.1, 0.15) is 42.1 Å². The van der Waals surface area contributed by atoms with Crippen LogP contribution in [0.3, 0.4) is 0 Å². The molecule has 3 rings (SSSR count). The summed E-state index contributed by atoms with van der Waals surface area (Å²) in [5.41, 5.74) is 1.22. The molecule has 0 saturated heterocycles. The second-order valence-corrected chi connectivity index (χ2v) is 6.01. The molecule has 1 heterocycles. The number of halogens is 2. The number of hydrogen-bond donors (Lipinski definition) is 0. The lowest BCUT2D eigenvalue weighted by Gasteiger charge is -2.08. The van der Waals surface area contributed by atoms with E-state index in [1.54, 1.807) is 18.3 Å². The lowest BCUT2D eigenvalue weighted by atomic mass is 10.1. The number of aldehydes is 1. The van der Waals surface area contributed by atoms with Gasteiger partial charge in [-0.2, -0.15) is 5.10 Å². The van der Waals surface area contributed by atoms with Crippen LogP contribution in [0.5, 0.6) is 0 Å². The van der Waals surface area contributed by atoms with Gasteiger partial charge in [0.05, 0.1) is 11.6 Å². The number of nitrogens with zero attached hydrogens (tertiary/aromatic N) is 2. The Kier molecular flexibility index (Phi) is 3.70. The van der Waals surface area contributed by atoms with Gasteiger partial charge in [0.2, 0.25) is 0 Å². The molecule has 1 aromatic carbocycles. The Hall–Kier alpha value is -1.49. The maximum Gasteiger partial charge on any atom is 0.153 e. The van der Waals surface area contributed by atoms with Crippen molar-refractivity contribution in [1.29, 1.82) is 0 Å². The van der Waals surface area contributed by atoms with E-state index in [-0.39, 0.29) is 5.82 Å². The van der Waals surface area contributed by atoms with Crippen molar-refractivity contribution in [2.45, 2.75) is 31.7 Å². The molecule has 3 nitrogen and oxygen atoms in total. The summed E-state index contributed by atoms with van der Waals surface area (Å²) in [7, 11) is 0. The fourth-order valence-corrected chi connectivity index (χ4v) is 3.10. The molecule has 104 valence electrons. The van der Waals surface area contributed by atoms with Crippen LogP contribution in [0.25, 0.3) is 11.3 Å². The maximum absolute atomic E-state index is 14.0. The Labute approximate surface area is 124 Å². The molecule has 0 bridgehead atoms. The van der Waals surface area contributed by atoms with E-state index in [0.717, 1.165) is 23.6 Å². The second-order valence-electron chi connectivity index (χ2n) is 5.09. The quantitative estimate of drug-likeness (QED) is 0.779. The van der Waals surface area contributed by atoms with Gasteiger partial charge in [0.15, 0.2) is 6.29 Å². The van der Waals surface area contributed by atoms with Crippen LogP contribution in [-0.2, 0) is 0 Å². The number of benzene rings is 1. The number of carbonyl (C=O) groups excluding carboxylic acids is 1. The highest BCUT2D eigenvalue weighted by Gasteiger charge is 2.21. The molecule has 1 saturated carbocycles. The smallest absolute Gasteiger partial charge is 0.153 e. The Morgan fingerprint density at radius 3 is 2.80 bits per heavy atom. The average Bonchev–Trinajstić information content (AvgIpc) is 3.09. The largest absolute Gasteiger partial charge is 0.298 e. The van der Waals surface area contributed by atoms with E-state index in [9.17, 15) is 9.18 Å². The maximum atomic E-state index is 14.0. The van der Waals surface area contributed by atoms with E-state index in [2.05, 4.69) is 21.0 Å². The number of aromatic nitrogens is 2. The van der Waals surface area contributed by atoms with Crippen molar-refractivity contribution >= 4 is 22.2 Å². The molecule has 0 aliphatic heterocycles. The molecule has 20 heavy (non-hydrogen) atoms. The minimum atomic E-state index is -0.368. The normalized spacial score (nSPS) is 15.7. The molecule has 5 heteroatoms. The zero-order valence-electron chi connectivity index (χ0n) is 10.9. The van der Waals surface area contributed by atoms with Crippen LogP contribution in [0, 0.1) is 5.82 Å². The van der Waals surface area contributed by atoms with Gasteiger partial charge in [-0.05, 0) is 31.0 Å². The van der Waals surface area contributed by atoms with Gasteiger partial charge in [-0.3, -0.25) is 9.48 Å². The molecule has 1 aliphatic carbocycles. The summed E-state index contributed by atoms with van der Waals surface area (Å²) in [5.74, 6) is -0.368. The molecule has 0 amide bonds. The van der Waals surface area contributed by atoms with E-state index in [1.165, 1.54) is 18.9 Å². The summed E-state index contributed by atoms with van der Waals surface area (Å²) in [4.78, 5) is 11.2. The number of carbonyl (C=O) groups is 1. The van der Waals surface area contributed by atoms with Gasteiger partial charge in [0, 0.05) is 16.2 Å². The van der Waals surface area contributed by atoms with Crippen LogP contribution in [0.2, 0.25) is 0 Å². The van der Waals surface area contributed by atoms with Crippen LogP contribution in [0.15, 0.2) is 28.9 Å². The molecule has 1 aromatic heterocycles. The molecule has 0 unspecified atom stereocenters. The first-order valence-electron chi connectivity index (χ1n) is 6.69. The van der Waals surface area contributed by atoms with Crippen molar-refractivity contribution in [1.82, 2.24) is 9.78 Å². The van der Waals surface area contributed by atoms with Gasteiger partial charge in [0.1, 0.15) is 11.5 Å². The predicted octanol–water partition coefficient (Wildman–Crippen LogP) is 4.38. The molecule has 2 aromatic rings. The Morgan fingerprint density at radius 1 is 1.35 bits per heavy atom. The lowest BCUT2D eigenvalue weighted by Crippen LogP contribution is -2.05. The van der Waals surface area contributed by atoms with Crippen molar-refractivity contribution in [3.8, 4) is 11.3 Å². The Morgan fingerprint density at radius 2 is 2.10 bits per heavy atom. The molecule has 0 N–H and O–H groups in total. The summed E-state index contributed by atoms with van der Waals surface area (Å²) in [6.07, 6.45) is 6.98. The van der Waals surface area contributed by atoms with E-state index in [1.807, 2.05) is 4.68 Å². The Bertz CT molecular complexity index is 647. The standard InChI is InChI=1S/C15H14BrFN2O/c16-11-5-6-14(17)13(7-11)15-10(9-20)8-19(18-15)12-3-1-2-4-12/h5-9,12H,1-4H2. The van der Waals surface area contributed by atoms with Crippen molar-refractivity contribution < 1.29 is 9.18 Å². The van der Waals surface area contributed by atoms with Gasteiger partial charge in [-0.15, -0.1) is 0 Å². The summed E-state index contributed by atoms with van der Waals surface area (Å²) >= 11 is 3.32.